The van der Waals surface area contributed by atoms with Crippen molar-refractivity contribution in [3.8, 4) is 11.5 Å². The fourth-order valence-electron chi connectivity index (χ4n) is 2.63. The summed E-state index contributed by atoms with van der Waals surface area (Å²) in [5.41, 5.74) is -0.0609. The van der Waals surface area contributed by atoms with E-state index in [1.807, 2.05) is 0 Å². The van der Waals surface area contributed by atoms with E-state index >= 15 is 0 Å². The fraction of sp³-hybridized carbons (Fsp3) is 0.412. The predicted octanol–water partition coefficient (Wildman–Crippen LogP) is -10.4. The van der Waals surface area contributed by atoms with Gasteiger partial charge in [-0.05, 0) is 23.3 Å². The van der Waals surface area contributed by atoms with Gasteiger partial charge >= 0.3 is 40.1 Å². The van der Waals surface area contributed by atoms with E-state index < -0.39 is 62.4 Å². The van der Waals surface area contributed by atoms with E-state index in [0.717, 1.165) is 9.80 Å². The number of carboxylic acids is 4. The number of nitrogens with zero attached hydrogens (tertiary/aromatic N) is 2. The number of benzene rings is 1. The molecular weight excluding hydrogens is 615 g/mol. The first-order valence-corrected chi connectivity index (χ1v) is 8.14. The van der Waals surface area contributed by atoms with Gasteiger partial charge < -0.3 is 77.5 Å². The molecule has 0 heterocycles. The maximum absolute atomic E-state index is 12.7. The molecule has 226 valence electrons. The summed E-state index contributed by atoms with van der Waals surface area (Å²) in [6.07, 6.45) is 0. The van der Waals surface area contributed by atoms with Crippen LogP contribution in [0.5, 0.6) is 11.5 Å². The molecule has 0 aliphatic carbocycles. The van der Waals surface area contributed by atoms with Crippen LogP contribution in [0.15, 0.2) is 12.1 Å². The van der Waals surface area contributed by atoms with Crippen LogP contribution >= 0.6 is 0 Å². The number of aliphatic carboxylic acids is 4. The van der Waals surface area contributed by atoms with Gasteiger partial charge in [0.1, 0.15) is 5.75 Å². The van der Waals surface area contributed by atoms with E-state index in [0.29, 0.717) is 0 Å². The van der Waals surface area contributed by atoms with E-state index in [9.17, 15) is 39.6 Å². The zero-order chi connectivity index (χ0) is 22.1. The van der Waals surface area contributed by atoms with Gasteiger partial charge in [0.25, 0.3) is 0 Å². The fourth-order valence-corrected chi connectivity index (χ4v) is 2.63. The number of carbonyl (C=O) groups is 4. The Morgan fingerprint density at radius 2 is 1.05 bits per heavy atom. The Morgan fingerprint density at radius 1 is 0.757 bits per heavy atom. The van der Waals surface area contributed by atoms with Gasteiger partial charge in [0, 0.05) is 32.7 Å². The van der Waals surface area contributed by atoms with Gasteiger partial charge in [0.05, 0.1) is 31.6 Å². The van der Waals surface area contributed by atoms with Crippen molar-refractivity contribution in [2.45, 2.75) is 13.1 Å². The van der Waals surface area contributed by atoms with Crippen LogP contribution in [0.3, 0.4) is 0 Å². The molecule has 18 nitrogen and oxygen atoms in total. The number of carboxylic acid groups (broad SMARTS) is 4. The van der Waals surface area contributed by atoms with Gasteiger partial charge in [-0.2, -0.15) is 0 Å². The zero-order valence-electron chi connectivity index (χ0n) is 19.2. The average Bonchev–Trinajstić information content (AvgIpc) is 2.55. The first-order valence-electron chi connectivity index (χ1n) is 8.14. The van der Waals surface area contributed by atoms with Gasteiger partial charge in [-0.3, -0.25) is 14.6 Å². The van der Waals surface area contributed by atoms with Crippen molar-refractivity contribution < 1.29 is 116 Å². The third kappa shape index (κ3) is 21.2. The molecule has 0 fully saturated rings. The molecule has 0 aromatic heterocycles. The summed E-state index contributed by atoms with van der Waals surface area (Å²) in [7, 11) is 1.28. The molecule has 0 amide bonds. The maximum atomic E-state index is 12.7. The van der Waals surface area contributed by atoms with Crippen molar-refractivity contribution in [2.75, 3.05) is 33.3 Å². The molecular formula is C17H32Cu2N2O16+2. The Hall–Kier alpha value is -2.58. The minimum absolute atomic E-state index is 0. The number of rotatable bonds is 13. The standard InChI is InChI=1S/C17H22N2O10.2Cu.6H2O/c1-29-12-2-10(4-18(6-13(20)21)7-14(22)23)17(28)11(3-12)5-19(8-15(24)25)9-16(26)27;;;;;;;;/h2-3,28H,4-9H2,1H3,(H,20,21)(H,22,23)(H,24,25)(H,26,27);;;6*1H2/q;2*+2;;;;;;/p-2. The maximum Gasteiger partial charge on any atom is 2.00 e. The Balaban J connectivity index is -0.000000175. The van der Waals surface area contributed by atoms with Crippen molar-refractivity contribution in [2.24, 2.45) is 0 Å². The van der Waals surface area contributed by atoms with Gasteiger partial charge in [0.2, 0.25) is 0 Å². The van der Waals surface area contributed by atoms with E-state index in [2.05, 4.69) is 0 Å². The van der Waals surface area contributed by atoms with E-state index in [4.69, 9.17) is 9.84 Å². The summed E-state index contributed by atoms with van der Waals surface area (Å²) in [5.74, 6) is -6.50. The third-order valence-electron chi connectivity index (χ3n) is 3.66. The van der Waals surface area contributed by atoms with Crippen LogP contribution in [-0.4, -0.2) is 94.0 Å². The zero-order valence-corrected chi connectivity index (χ0v) is 21.1. The minimum Gasteiger partial charge on any atom is -0.872 e. The quantitative estimate of drug-likeness (QED) is 0.154. The summed E-state index contributed by atoms with van der Waals surface area (Å²) >= 11 is 0. The largest absolute Gasteiger partial charge is 2.00 e. The minimum atomic E-state index is -1.57. The molecule has 2 radical (unpaired) electrons. The first kappa shape index (κ1) is 55.1. The molecule has 0 aliphatic heterocycles. The van der Waals surface area contributed by atoms with Crippen LogP contribution in [0.1, 0.15) is 11.1 Å². The smallest absolute Gasteiger partial charge is 0.872 e. The predicted molar refractivity (Wildman–Crippen MR) is 110 cm³/mol. The first-order chi connectivity index (χ1) is 13.5. The molecule has 20 heteroatoms. The van der Waals surface area contributed by atoms with Gasteiger partial charge in [-0.25, -0.2) is 0 Å². The molecule has 0 spiro atoms. The van der Waals surface area contributed by atoms with E-state index in [-0.39, 0.29) is 90.4 Å². The summed E-state index contributed by atoms with van der Waals surface area (Å²) in [4.78, 5) is 45.2. The van der Waals surface area contributed by atoms with Crippen LogP contribution in [0, 0.1) is 0 Å². The number of carbonyl (C=O) groups excluding carboxylic acids is 3. The number of methoxy groups -OCH3 is 1. The third-order valence-corrected chi connectivity index (χ3v) is 3.66. The van der Waals surface area contributed by atoms with Crippen LogP contribution in [0.4, 0.5) is 0 Å². The molecule has 1 aromatic rings. The second kappa shape index (κ2) is 26.5. The van der Waals surface area contributed by atoms with Crippen molar-refractivity contribution in [3.63, 3.8) is 0 Å². The van der Waals surface area contributed by atoms with Gasteiger partial charge in [-0.15, -0.1) is 0 Å². The monoisotopic (exact) mass is 646 g/mol. The van der Waals surface area contributed by atoms with E-state index in [1.54, 1.807) is 0 Å². The Bertz CT molecular complexity index is 708. The van der Waals surface area contributed by atoms with Gasteiger partial charge in [0.15, 0.2) is 0 Å². The normalized spacial score (nSPS) is 8.51. The SMILES string of the molecule is COc1cc(CN(CC(=O)[O-])CC(=O)[O-])c([O-])c(CN(CC(=O)[O-])CC(=O)O)c1.O.O.O.O.[Cu+2].[Cu+2].[OH3+].[OH3+]. The molecule has 0 unspecified atom stereocenters. The molecule has 0 bridgehead atoms. The Labute approximate surface area is 231 Å². The van der Waals surface area contributed by atoms with Crippen molar-refractivity contribution >= 4 is 23.9 Å². The van der Waals surface area contributed by atoms with Crippen LogP contribution < -0.4 is 25.2 Å². The molecule has 0 aliphatic rings. The van der Waals surface area contributed by atoms with Crippen LogP contribution in [0.2, 0.25) is 0 Å². The average molecular weight is 648 g/mol. The molecule has 0 atom stereocenters. The summed E-state index contributed by atoms with van der Waals surface area (Å²) in [6, 6.07) is 2.54. The molecule has 0 saturated carbocycles. The molecule has 1 aromatic carbocycles. The van der Waals surface area contributed by atoms with Crippen molar-refractivity contribution in [1.29, 1.82) is 0 Å². The summed E-state index contributed by atoms with van der Waals surface area (Å²) < 4.78 is 5.06. The Morgan fingerprint density at radius 3 is 1.30 bits per heavy atom. The molecule has 15 N–H and O–H groups in total. The molecule has 0 saturated heterocycles. The second-order valence-electron chi connectivity index (χ2n) is 6.07. The topological polar surface area (TPSA) is 388 Å². The van der Waals surface area contributed by atoms with Crippen molar-refractivity contribution in [1.82, 2.24) is 9.80 Å². The summed E-state index contributed by atoms with van der Waals surface area (Å²) in [5, 5.41) is 54.1. The van der Waals surface area contributed by atoms with Crippen molar-refractivity contribution in [3.05, 3.63) is 23.3 Å². The number of hydrogen-bond donors (Lipinski definition) is 1. The second-order valence-corrected chi connectivity index (χ2v) is 6.07. The number of hydrogen-bond acceptors (Lipinski definition) is 11. The summed E-state index contributed by atoms with van der Waals surface area (Å²) in [6.45, 7) is -3.76. The van der Waals surface area contributed by atoms with E-state index in [1.165, 1.54) is 19.2 Å². The Kier molecular flexibility index (Phi) is 39.4. The molecule has 37 heavy (non-hydrogen) atoms. The molecule has 1 rings (SSSR count). The number of ether oxygens (including phenoxy) is 1. The van der Waals surface area contributed by atoms with Gasteiger partial charge in [-0.1, -0.05) is 5.75 Å². The van der Waals surface area contributed by atoms with Crippen LogP contribution in [0.25, 0.3) is 0 Å². The van der Waals surface area contributed by atoms with Crippen LogP contribution in [-0.2, 0) is 77.4 Å².